The van der Waals surface area contributed by atoms with Gasteiger partial charge in [-0.3, -0.25) is 4.79 Å². The molecule has 2 aliphatic heterocycles. The van der Waals surface area contributed by atoms with Crippen molar-refractivity contribution in [2.75, 3.05) is 50.8 Å². The highest BCUT2D eigenvalue weighted by Crippen LogP contribution is 2.32. The van der Waals surface area contributed by atoms with Gasteiger partial charge in [0.15, 0.2) is 11.5 Å². The van der Waals surface area contributed by atoms with Crippen molar-refractivity contribution in [2.45, 2.75) is 11.3 Å². The summed E-state index contributed by atoms with van der Waals surface area (Å²) in [5, 5.41) is 0. The van der Waals surface area contributed by atoms with Crippen molar-refractivity contribution >= 4 is 21.7 Å². The SMILES string of the molecule is O=C(CCNS(=O)(=O)c1ccc2c(c1)OCCO2)N1CCN(c2ccccn2)CC1. The number of piperazine rings is 1. The standard InChI is InChI=1S/C20H24N4O5S/c25-20(24-11-9-23(10-12-24)19-3-1-2-7-21-19)6-8-22-30(26,27)16-4-5-17-18(15-16)29-14-13-28-17/h1-5,7,15,22H,6,8-14H2. The molecule has 1 fully saturated rings. The summed E-state index contributed by atoms with van der Waals surface area (Å²) in [5.41, 5.74) is 0. The van der Waals surface area contributed by atoms with E-state index in [2.05, 4.69) is 14.6 Å². The molecule has 10 heteroatoms. The second-order valence-corrected chi connectivity index (χ2v) is 8.78. The van der Waals surface area contributed by atoms with Crippen molar-refractivity contribution < 1.29 is 22.7 Å². The van der Waals surface area contributed by atoms with Gasteiger partial charge in [0.25, 0.3) is 0 Å². The van der Waals surface area contributed by atoms with E-state index in [9.17, 15) is 13.2 Å². The summed E-state index contributed by atoms with van der Waals surface area (Å²) in [6, 6.07) is 10.2. The molecule has 0 saturated carbocycles. The summed E-state index contributed by atoms with van der Waals surface area (Å²) in [7, 11) is -3.74. The molecule has 0 spiro atoms. The highest BCUT2D eigenvalue weighted by Gasteiger charge is 2.23. The Morgan fingerprint density at radius 1 is 1.03 bits per heavy atom. The lowest BCUT2D eigenvalue weighted by molar-refractivity contribution is -0.131. The van der Waals surface area contributed by atoms with Crippen LogP contribution in [0.4, 0.5) is 5.82 Å². The van der Waals surface area contributed by atoms with E-state index < -0.39 is 10.0 Å². The van der Waals surface area contributed by atoms with Gasteiger partial charge < -0.3 is 19.3 Å². The molecule has 3 heterocycles. The number of nitrogens with zero attached hydrogens (tertiary/aromatic N) is 3. The van der Waals surface area contributed by atoms with E-state index in [1.54, 1.807) is 17.2 Å². The third kappa shape index (κ3) is 4.65. The Morgan fingerprint density at radius 3 is 2.53 bits per heavy atom. The maximum Gasteiger partial charge on any atom is 0.240 e. The number of carbonyl (C=O) groups excluding carboxylic acids is 1. The molecular weight excluding hydrogens is 408 g/mol. The quantitative estimate of drug-likeness (QED) is 0.723. The van der Waals surface area contributed by atoms with Crippen molar-refractivity contribution in [3.8, 4) is 11.5 Å². The van der Waals surface area contributed by atoms with E-state index in [1.165, 1.54) is 12.1 Å². The van der Waals surface area contributed by atoms with E-state index in [4.69, 9.17) is 9.47 Å². The first kappa shape index (κ1) is 20.4. The summed E-state index contributed by atoms with van der Waals surface area (Å²) in [4.78, 5) is 20.8. The van der Waals surface area contributed by atoms with Gasteiger partial charge in [0.1, 0.15) is 19.0 Å². The summed E-state index contributed by atoms with van der Waals surface area (Å²) in [6.45, 7) is 3.43. The van der Waals surface area contributed by atoms with Gasteiger partial charge in [-0.15, -0.1) is 0 Å². The van der Waals surface area contributed by atoms with Crippen LogP contribution in [-0.4, -0.2) is 70.1 Å². The first-order chi connectivity index (χ1) is 14.5. The molecule has 30 heavy (non-hydrogen) atoms. The fourth-order valence-corrected chi connectivity index (χ4v) is 4.50. The van der Waals surface area contributed by atoms with Gasteiger partial charge in [0.2, 0.25) is 15.9 Å². The van der Waals surface area contributed by atoms with Crippen molar-refractivity contribution in [1.82, 2.24) is 14.6 Å². The van der Waals surface area contributed by atoms with Crippen LogP contribution in [0.1, 0.15) is 6.42 Å². The van der Waals surface area contributed by atoms with Crippen molar-refractivity contribution in [3.63, 3.8) is 0 Å². The number of hydrogen-bond acceptors (Lipinski definition) is 7. The number of pyridine rings is 1. The minimum Gasteiger partial charge on any atom is -0.486 e. The maximum absolute atomic E-state index is 12.5. The molecule has 0 aliphatic carbocycles. The number of rotatable bonds is 6. The minimum absolute atomic E-state index is 0.0378. The van der Waals surface area contributed by atoms with Gasteiger partial charge in [-0.1, -0.05) is 6.07 Å². The molecule has 1 amide bonds. The number of anilines is 1. The normalized spacial score (nSPS) is 16.4. The lowest BCUT2D eigenvalue weighted by atomic mass is 10.2. The largest absolute Gasteiger partial charge is 0.486 e. The average molecular weight is 433 g/mol. The van der Waals surface area contributed by atoms with Crippen LogP contribution in [0.5, 0.6) is 11.5 Å². The number of aromatic nitrogens is 1. The second-order valence-electron chi connectivity index (χ2n) is 7.01. The predicted octanol–water partition coefficient (Wildman–Crippen LogP) is 0.870. The number of nitrogens with one attached hydrogen (secondary N) is 1. The Kier molecular flexibility index (Phi) is 6.05. The third-order valence-corrected chi connectivity index (χ3v) is 6.52. The highest BCUT2D eigenvalue weighted by molar-refractivity contribution is 7.89. The van der Waals surface area contributed by atoms with Gasteiger partial charge in [0, 0.05) is 51.4 Å². The summed E-state index contributed by atoms with van der Waals surface area (Å²) >= 11 is 0. The summed E-state index contributed by atoms with van der Waals surface area (Å²) in [5.74, 6) is 1.77. The van der Waals surface area contributed by atoms with Crippen LogP contribution in [-0.2, 0) is 14.8 Å². The molecule has 1 saturated heterocycles. The van der Waals surface area contributed by atoms with E-state index in [0.29, 0.717) is 50.9 Å². The molecule has 0 atom stereocenters. The molecule has 2 aromatic rings. The monoisotopic (exact) mass is 432 g/mol. The summed E-state index contributed by atoms with van der Waals surface area (Å²) in [6.07, 6.45) is 1.86. The summed E-state index contributed by atoms with van der Waals surface area (Å²) < 4.78 is 38.4. The molecular formula is C20H24N4O5S. The number of benzene rings is 1. The average Bonchev–Trinajstić information content (AvgIpc) is 2.79. The first-order valence-corrected chi connectivity index (χ1v) is 11.3. The molecule has 160 valence electrons. The number of fused-ring (bicyclic) bond motifs is 1. The van der Waals surface area contributed by atoms with Gasteiger partial charge in [0.05, 0.1) is 4.90 Å². The van der Waals surface area contributed by atoms with Gasteiger partial charge in [-0.25, -0.2) is 18.1 Å². The predicted molar refractivity (Wildman–Crippen MR) is 110 cm³/mol. The topological polar surface area (TPSA) is 101 Å². The van der Waals surface area contributed by atoms with Crippen molar-refractivity contribution in [1.29, 1.82) is 0 Å². The number of hydrogen-bond donors (Lipinski definition) is 1. The number of carbonyl (C=O) groups is 1. The maximum atomic E-state index is 12.5. The molecule has 1 aromatic heterocycles. The third-order valence-electron chi connectivity index (χ3n) is 5.06. The zero-order chi connectivity index (χ0) is 21.0. The molecule has 1 N–H and O–H groups in total. The molecule has 0 unspecified atom stereocenters. The van der Waals surface area contributed by atoms with Crippen LogP contribution in [0.15, 0.2) is 47.5 Å². The molecule has 1 aromatic carbocycles. The van der Waals surface area contributed by atoms with Crippen molar-refractivity contribution in [3.05, 3.63) is 42.6 Å². The Morgan fingerprint density at radius 2 is 1.80 bits per heavy atom. The zero-order valence-electron chi connectivity index (χ0n) is 16.5. The van der Waals surface area contributed by atoms with Crippen LogP contribution >= 0.6 is 0 Å². The van der Waals surface area contributed by atoms with Gasteiger partial charge in [-0.05, 0) is 24.3 Å². The smallest absolute Gasteiger partial charge is 0.240 e. The Bertz CT molecular complexity index is 992. The van der Waals surface area contributed by atoms with Crippen molar-refractivity contribution in [2.24, 2.45) is 0 Å². The fraction of sp³-hybridized carbons (Fsp3) is 0.400. The van der Waals surface area contributed by atoms with E-state index in [1.807, 2.05) is 18.2 Å². The zero-order valence-corrected chi connectivity index (χ0v) is 17.3. The lowest BCUT2D eigenvalue weighted by Gasteiger charge is -2.35. The van der Waals surface area contributed by atoms with E-state index >= 15 is 0 Å². The molecule has 0 radical (unpaired) electrons. The van der Waals surface area contributed by atoms with Gasteiger partial charge in [-0.2, -0.15) is 0 Å². The lowest BCUT2D eigenvalue weighted by Crippen LogP contribution is -2.49. The number of ether oxygens (including phenoxy) is 2. The Hall–Kier alpha value is -2.85. The van der Waals surface area contributed by atoms with Crippen LogP contribution in [0.3, 0.4) is 0 Å². The van der Waals surface area contributed by atoms with E-state index in [0.717, 1.165) is 5.82 Å². The molecule has 9 nitrogen and oxygen atoms in total. The van der Waals surface area contributed by atoms with E-state index in [-0.39, 0.29) is 23.8 Å². The first-order valence-electron chi connectivity index (χ1n) is 9.86. The Balaban J connectivity index is 1.26. The van der Waals surface area contributed by atoms with Crippen LogP contribution in [0.25, 0.3) is 0 Å². The number of amides is 1. The highest BCUT2D eigenvalue weighted by atomic mass is 32.2. The molecule has 0 bridgehead atoms. The van der Waals surface area contributed by atoms with Crippen LogP contribution in [0, 0.1) is 0 Å². The van der Waals surface area contributed by atoms with Crippen LogP contribution < -0.4 is 19.1 Å². The second kappa shape index (κ2) is 8.88. The Labute approximate surface area is 175 Å². The molecule has 2 aliphatic rings. The minimum atomic E-state index is -3.74. The van der Waals surface area contributed by atoms with Gasteiger partial charge >= 0.3 is 0 Å². The number of sulfonamides is 1. The fourth-order valence-electron chi connectivity index (χ4n) is 3.45. The molecule has 4 rings (SSSR count). The van der Waals surface area contributed by atoms with Crippen LogP contribution in [0.2, 0.25) is 0 Å².